The van der Waals surface area contributed by atoms with Gasteiger partial charge in [-0.15, -0.1) is 0 Å². The second kappa shape index (κ2) is 7.64. The Morgan fingerprint density at radius 2 is 1.97 bits per heavy atom. The highest BCUT2D eigenvalue weighted by Gasteiger charge is 2.65. The summed E-state index contributed by atoms with van der Waals surface area (Å²) in [5.74, 6) is 0.0951. The van der Waals surface area contributed by atoms with E-state index in [1.54, 1.807) is 7.11 Å². The Kier molecular flexibility index (Phi) is 5.01. The molecule has 5 aliphatic rings. The zero-order valence-corrected chi connectivity index (χ0v) is 18.9. The topological polar surface area (TPSA) is 138 Å². The average molecular weight is 475 g/mol. The third-order valence-electron chi connectivity index (χ3n) is 8.44. The standard InChI is InChI=1S/C24H29NO9/c1-25-8-7-24-11-4-6-14(32-23-18(28)16(26)17(27)20(34-23)22(29)30)21(24)33-19-13(31-2)5-3-10(15(19)24)9-12(11)25/h3-6,11-12,14,16-18,20-21,23,26-28H,7-9H2,1-2H3,(H,29,30). The largest absolute Gasteiger partial charge is 0.493 e. The number of hydrogen-bond donors (Lipinski definition) is 4. The molecule has 1 spiro atoms. The monoisotopic (exact) mass is 475 g/mol. The summed E-state index contributed by atoms with van der Waals surface area (Å²) in [7, 11) is 3.75. The number of carbonyl (C=O) groups is 1. The number of benzene rings is 1. The fraction of sp³-hybridized carbons (Fsp3) is 0.625. The van der Waals surface area contributed by atoms with E-state index in [1.165, 1.54) is 5.56 Å². The Hall–Kier alpha value is -2.21. The van der Waals surface area contributed by atoms with Crippen molar-refractivity contribution in [3.63, 3.8) is 0 Å². The number of carboxylic acids is 1. The summed E-state index contributed by atoms with van der Waals surface area (Å²) in [6.07, 6.45) is -3.69. The quantitative estimate of drug-likeness (QED) is 0.418. The average Bonchev–Trinajstić information content (AvgIpc) is 3.17. The highest BCUT2D eigenvalue weighted by Crippen LogP contribution is 2.62. The third kappa shape index (κ3) is 2.81. The molecular weight excluding hydrogens is 446 g/mol. The number of piperidine rings is 1. The molecule has 0 radical (unpaired) electrons. The molecule has 2 fully saturated rings. The first-order valence-electron chi connectivity index (χ1n) is 11.6. The lowest BCUT2D eigenvalue weighted by molar-refractivity contribution is -0.307. The highest BCUT2D eigenvalue weighted by molar-refractivity contribution is 5.73. The van der Waals surface area contributed by atoms with Crippen LogP contribution in [-0.4, -0.2) is 101 Å². The number of nitrogens with zero attached hydrogens (tertiary/aromatic N) is 1. The SMILES string of the molecule is COc1ccc2c3c1OC1C(OC4OC(C(=O)O)C(O)C(O)C4O)C=CC4C(C2)N(C)CCC341. The van der Waals surface area contributed by atoms with E-state index in [0.717, 1.165) is 24.9 Å². The molecule has 1 aromatic carbocycles. The van der Waals surface area contributed by atoms with E-state index in [0.29, 0.717) is 17.5 Å². The first kappa shape index (κ1) is 22.3. The number of rotatable bonds is 4. The van der Waals surface area contributed by atoms with Crippen molar-refractivity contribution < 1.29 is 44.2 Å². The molecule has 10 unspecified atom stereocenters. The number of carboxylic acid groups (broad SMARTS) is 1. The van der Waals surface area contributed by atoms with Crippen LogP contribution in [0.5, 0.6) is 11.5 Å². The van der Waals surface area contributed by atoms with E-state index < -0.39 is 48.9 Å². The molecule has 2 aliphatic carbocycles. The maximum atomic E-state index is 11.5. The van der Waals surface area contributed by atoms with Crippen LogP contribution in [0.25, 0.3) is 0 Å². The van der Waals surface area contributed by atoms with Crippen LogP contribution >= 0.6 is 0 Å². The van der Waals surface area contributed by atoms with Gasteiger partial charge < -0.3 is 44.3 Å². The lowest BCUT2D eigenvalue weighted by Crippen LogP contribution is -2.66. The maximum Gasteiger partial charge on any atom is 0.335 e. The molecule has 184 valence electrons. The third-order valence-corrected chi connectivity index (χ3v) is 8.44. The van der Waals surface area contributed by atoms with Gasteiger partial charge in [0.05, 0.1) is 7.11 Å². The second-order valence-electron chi connectivity index (χ2n) is 9.96. The number of aliphatic carboxylic acids is 1. The number of aliphatic hydroxyl groups excluding tert-OH is 3. The van der Waals surface area contributed by atoms with E-state index >= 15 is 0 Å². The van der Waals surface area contributed by atoms with Gasteiger partial charge in [0, 0.05) is 22.9 Å². The Labute approximate surface area is 196 Å². The van der Waals surface area contributed by atoms with Gasteiger partial charge in [0.25, 0.3) is 0 Å². The molecule has 10 heteroatoms. The summed E-state index contributed by atoms with van der Waals surface area (Å²) in [5, 5.41) is 40.1. The van der Waals surface area contributed by atoms with E-state index in [1.807, 2.05) is 12.1 Å². The highest BCUT2D eigenvalue weighted by atomic mass is 16.7. The molecule has 6 rings (SSSR count). The fourth-order valence-electron chi connectivity index (χ4n) is 6.81. The molecule has 34 heavy (non-hydrogen) atoms. The molecule has 2 saturated heterocycles. The second-order valence-corrected chi connectivity index (χ2v) is 9.96. The first-order valence-corrected chi connectivity index (χ1v) is 11.6. The molecule has 10 nitrogen and oxygen atoms in total. The maximum absolute atomic E-state index is 11.5. The number of ether oxygens (including phenoxy) is 4. The van der Waals surface area contributed by atoms with Crippen LogP contribution in [0.15, 0.2) is 24.3 Å². The molecule has 3 aliphatic heterocycles. The fourth-order valence-corrected chi connectivity index (χ4v) is 6.81. The van der Waals surface area contributed by atoms with Crippen molar-refractivity contribution in [2.24, 2.45) is 5.92 Å². The van der Waals surface area contributed by atoms with Crippen LogP contribution in [0, 0.1) is 5.92 Å². The van der Waals surface area contributed by atoms with E-state index in [-0.39, 0.29) is 11.3 Å². The van der Waals surface area contributed by atoms with E-state index in [2.05, 4.69) is 24.1 Å². The first-order chi connectivity index (χ1) is 16.3. The summed E-state index contributed by atoms with van der Waals surface area (Å²) in [4.78, 5) is 13.9. The smallest absolute Gasteiger partial charge is 0.335 e. The summed E-state index contributed by atoms with van der Waals surface area (Å²) in [6.45, 7) is 0.881. The summed E-state index contributed by atoms with van der Waals surface area (Å²) in [5.41, 5.74) is 2.00. The Morgan fingerprint density at radius 3 is 2.71 bits per heavy atom. The van der Waals surface area contributed by atoms with Crippen molar-refractivity contribution in [3.05, 3.63) is 35.4 Å². The predicted octanol–water partition coefficient (Wildman–Crippen LogP) is -0.582. The summed E-state index contributed by atoms with van der Waals surface area (Å²) in [6, 6.07) is 4.32. The van der Waals surface area contributed by atoms with Crippen LogP contribution in [0.4, 0.5) is 0 Å². The van der Waals surface area contributed by atoms with Crippen molar-refractivity contribution in [3.8, 4) is 11.5 Å². The van der Waals surface area contributed by atoms with E-state index in [9.17, 15) is 25.2 Å². The van der Waals surface area contributed by atoms with Crippen molar-refractivity contribution in [2.45, 2.75) is 67.2 Å². The molecule has 1 aromatic rings. The number of methoxy groups -OCH3 is 1. The molecule has 10 atom stereocenters. The Bertz CT molecular complexity index is 1050. The zero-order chi connectivity index (χ0) is 23.9. The van der Waals surface area contributed by atoms with Crippen LogP contribution < -0.4 is 9.47 Å². The van der Waals surface area contributed by atoms with Gasteiger partial charge in [0.1, 0.15) is 30.5 Å². The van der Waals surface area contributed by atoms with Crippen molar-refractivity contribution in [1.82, 2.24) is 4.90 Å². The van der Waals surface area contributed by atoms with Gasteiger partial charge in [-0.3, -0.25) is 0 Å². The van der Waals surface area contributed by atoms with Gasteiger partial charge in [-0.25, -0.2) is 4.79 Å². The molecule has 3 heterocycles. The van der Waals surface area contributed by atoms with Crippen molar-refractivity contribution in [2.75, 3.05) is 20.7 Å². The summed E-state index contributed by atoms with van der Waals surface area (Å²) >= 11 is 0. The Balaban J connectivity index is 1.39. The van der Waals surface area contributed by atoms with Crippen LogP contribution in [0.1, 0.15) is 17.5 Å². The minimum atomic E-state index is -1.77. The van der Waals surface area contributed by atoms with Gasteiger partial charge >= 0.3 is 5.97 Å². The van der Waals surface area contributed by atoms with Gasteiger partial charge in [-0.2, -0.15) is 0 Å². The molecule has 0 amide bonds. The van der Waals surface area contributed by atoms with Crippen molar-refractivity contribution >= 4 is 5.97 Å². The van der Waals surface area contributed by atoms with Gasteiger partial charge in [-0.05, 0) is 38.1 Å². The number of hydrogen-bond acceptors (Lipinski definition) is 9. The van der Waals surface area contributed by atoms with Gasteiger partial charge in [-0.1, -0.05) is 18.2 Å². The molecule has 0 saturated carbocycles. The molecule has 4 N–H and O–H groups in total. The molecule has 2 bridgehead atoms. The number of aliphatic hydroxyl groups is 3. The minimum absolute atomic E-state index is 0.188. The van der Waals surface area contributed by atoms with E-state index in [4.69, 9.17) is 18.9 Å². The van der Waals surface area contributed by atoms with Gasteiger partial charge in [0.2, 0.25) is 0 Å². The Morgan fingerprint density at radius 1 is 1.18 bits per heavy atom. The normalized spacial score (nSPS) is 44.3. The van der Waals surface area contributed by atoms with Crippen LogP contribution in [0.2, 0.25) is 0 Å². The minimum Gasteiger partial charge on any atom is -0.493 e. The lowest BCUT2D eigenvalue weighted by Gasteiger charge is -2.57. The number of likely N-dealkylation sites (N-methyl/N-ethyl adjacent to an activating group) is 1. The van der Waals surface area contributed by atoms with Crippen LogP contribution in [0.3, 0.4) is 0 Å². The zero-order valence-electron chi connectivity index (χ0n) is 18.9. The lowest BCUT2D eigenvalue weighted by atomic mass is 9.53. The molecular formula is C24H29NO9. The predicted molar refractivity (Wildman–Crippen MR) is 116 cm³/mol. The van der Waals surface area contributed by atoms with Crippen molar-refractivity contribution in [1.29, 1.82) is 0 Å². The summed E-state index contributed by atoms with van der Waals surface area (Å²) < 4.78 is 23.7. The van der Waals surface area contributed by atoms with Crippen LogP contribution in [-0.2, 0) is 26.1 Å². The van der Waals surface area contributed by atoms with Gasteiger partial charge in [0.15, 0.2) is 23.9 Å². The number of likely N-dealkylation sites (tertiary alicyclic amines) is 1. The molecule has 0 aromatic heterocycles.